The zero-order chi connectivity index (χ0) is 13.0. The third kappa shape index (κ3) is 2.80. The second kappa shape index (κ2) is 5.53. The molecule has 1 heterocycles. The van der Waals surface area contributed by atoms with E-state index in [1.54, 1.807) is 6.07 Å². The molecule has 0 aliphatic carbocycles. The van der Waals surface area contributed by atoms with Crippen LogP contribution in [0.2, 0.25) is 0 Å². The number of carbonyl (C=O) groups excluding carboxylic acids is 2. The SMILES string of the molecule is CCNC(=O)CCC1NC(=O)c2ccccc2N1. The van der Waals surface area contributed by atoms with Crippen LogP contribution < -0.4 is 16.0 Å². The summed E-state index contributed by atoms with van der Waals surface area (Å²) in [6.45, 7) is 2.51. The second-order valence-electron chi connectivity index (χ2n) is 4.21. The van der Waals surface area contributed by atoms with Crippen molar-refractivity contribution in [2.24, 2.45) is 0 Å². The summed E-state index contributed by atoms with van der Waals surface area (Å²) in [6.07, 6.45) is 0.787. The van der Waals surface area contributed by atoms with Crippen molar-refractivity contribution in [2.45, 2.75) is 25.9 Å². The lowest BCUT2D eigenvalue weighted by atomic mass is 10.1. The van der Waals surface area contributed by atoms with Gasteiger partial charge in [0.15, 0.2) is 0 Å². The molecule has 5 nitrogen and oxygen atoms in total. The smallest absolute Gasteiger partial charge is 0.254 e. The Morgan fingerprint density at radius 2 is 2.11 bits per heavy atom. The van der Waals surface area contributed by atoms with E-state index in [9.17, 15) is 9.59 Å². The van der Waals surface area contributed by atoms with E-state index in [0.717, 1.165) is 5.69 Å². The summed E-state index contributed by atoms with van der Waals surface area (Å²) >= 11 is 0. The minimum Gasteiger partial charge on any atom is -0.365 e. The monoisotopic (exact) mass is 247 g/mol. The lowest BCUT2D eigenvalue weighted by Crippen LogP contribution is -2.45. The van der Waals surface area contributed by atoms with Crippen molar-refractivity contribution in [3.63, 3.8) is 0 Å². The Labute approximate surface area is 106 Å². The molecule has 0 fully saturated rings. The number of para-hydroxylation sites is 1. The Morgan fingerprint density at radius 3 is 2.89 bits per heavy atom. The third-order valence-corrected chi connectivity index (χ3v) is 2.84. The van der Waals surface area contributed by atoms with Crippen LogP contribution in [0.15, 0.2) is 24.3 Å². The van der Waals surface area contributed by atoms with Crippen LogP contribution in [0.4, 0.5) is 5.69 Å². The van der Waals surface area contributed by atoms with Gasteiger partial charge >= 0.3 is 0 Å². The Hall–Kier alpha value is -2.04. The standard InChI is InChI=1S/C13H17N3O2/c1-2-14-12(17)8-7-11-15-10-6-4-3-5-9(10)13(18)16-11/h3-6,11,15H,2,7-8H2,1H3,(H,14,17)(H,16,18). The highest BCUT2D eigenvalue weighted by Gasteiger charge is 2.22. The maximum atomic E-state index is 11.8. The summed E-state index contributed by atoms with van der Waals surface area (Å²) in [5.74, 6) is -0.0855. The van der Waals surface area contributed by atoms with E-state index in [2.05, 4.69) is 16.0 Å². The molecule has 1 aromatic carbocycles. The van der Waals surface area contributed by atoms with E-state index in [1.807, 2.05) is 25.1 Å². The van der Waals surface area contributed by atoms with E-state index < -0.39 is 0 Å². The third-order valence-electron chi connectivity index (χ3n) is 2.84. The molecule has 0 spiro atoms. The molecule has 1 atom stereocenters. The molecule has 18 heavy (non-hydrogen) atoms. The summed E-state index contributed by atoms with van der Waals surface area (Å²) in [4.78, 5) is 23.2. The van der Waals surface area contributed by atoms with E-state index in [4.69, 9.17) is 0 Å². The lowest BCUT2D eigenvalue weighted by molar-refractivity contribution is -0.121. The number of nitrogens with one attached hydrogen (secondary N) is 3. The van der Waals surface area contributed by atoms with Crippen LogP contribution in [0.25, 0.3) is 0 Å². The first-order valence-corrected chi connectivity index (χ1v) is 6.14. The molecular formula is C13H17N3O2. The molecule has 2 amide bonds. The van der Waals surface area contributed by atoms with E-state index >= 15 is 0 Å². The minimum absolute atomic E-state index is 0.00686. The molecule has 1 aliphatic rings. The van der Waals surface area contributed by atoms with Crippen LogP contribution in [0, 0.1) is 0 Å². The summed E-state index contributed by atoms with van der Waals surface area (Å²) < 4.78 is 0. The average molecular weight is 247 g/mol. The Balaban J connectivity index is 1.95. The Kier molecular flexibility index (Phi) is 3.82. The minimum atomic E-state index is -0.185. The maximum Gasteiger partial charge on any atom is 0.254 e. The number of anilines is 1. The first-order chi connectivity index (χ1) is 8.70. The highest BCUT2D eigenvalue weighted by molar-refractivity contribution is 6.01. The van der Waals surface area contributed by atoms with Crippen molar-refractivity contribution < 1.29 is 9.59 Å². The van der Waals surface area contributed by atoms with Crippen LogP contribution in [-0.2, 0) is 4.79 Å². The number of fused-ring (bicyclic) bond motifs is 1. The number of carbonyl (C=O) groups is 2. The normalized spacial score (nSPS) is 17.4. The van der Waals surface area contributed by atoms with E-state index in [-0.39, 0.29) is 18.0 Å². The van der Waals surface area contributed by atoms with Gasteiger partial charge in [0, 0.05) is 18.7 Å². The molecule has 0 radical (unpaired) electrons. The summed E-state index contributed by atoms with van der Waals surface area (Å²) in [6, 6.07) is 7.35. The van der Waals surface area contributed by atoms with Crippen molar-refractivity contribution in [3.8, 4) is 0 Å². The molecule has 1 unspecified atom stereocenters. The fraction of sp³-hybridized carbons (Fsp3) is 0.385. The molecule has 1 aliphatic heterocycles. The topological polar surface area (TPSA) is 70.2 Å². The molecule has 96 valence electrons. The van der Waals surface area contributed by atoms with Crippen LogP contribution in [0.5, 0.6) is 0 Å². The van der Waals surface area contributed by atoms with Gasteiger partial charge in [-0.2, -0.15) is 0 Å². The maximum absolute atomic E-state index is 11.8. The van der Waals surface area contributed by atoms with Crippen LogP contribution in [0.3, 0.4) is 0 Å². The van der Waals surface area contributed by atoms with E-state index in [1.165, 1.54) is 0 Å². The molecule has 3 N–H and O–H groups in total. The Morgan fingerprint density at radius 1 is 1.33 bits per heavy atom. The van der Waals surface area contributed by atoms with Gasteiger partial charge in [-0.25, -0.2) is 0 Å². The number of hydrogen-bond donors (Lipinski definition) is 3. The highest BCUT2D eigenvalue weighted by Crippen LogP contribution is 2.20. The number of hydrogen-bond acceptors (Lipinski definition) is 3. The number of amides is 2. The van der Waals surface area contributed by atoms with Gasteiger partial charge in [0.25, 0.3) is 5.91 Å². The molecule has 5 heteroatoms. The van der Waals surface area contributed by atoms with Crippen molar-refractivity contribution >= 4 is 17.5 Å². The quantitative estimate of drug-likeness (QED) is 0.745. The highest BCUT2D eigenvalue weighted by atomic mass is 16.2. The van der Waals surface area contributed by atoms with Gasteiger partial charge < -0.3 is 16.0 Å². The van der Waals surface area contributed by atoms with Gasteiger partial charge in [0.05, 0.1) is 11.7 Å². The zero-order valence-corrected chi connectivity index (χ0v) is 10.3. The van der Waals surface area contributed by atoms with Crippen molar-refractivity contribution in [3.05, 3.63) is 29.8 Å². The van der Waals surface area contributed by atoms with Crippen LogP contribution in [-0.4, -0.2) is 24.5 Å². The molecule has 0 aromatic heterocycles. The van der Waals surface area contributed by atoms with Crippen molar-refractivity contribution in [2.75, 3.05) is 11.9 Å². The zero-order valence-electron chi connectivity index (χ0n) is 10.3. The summed E-state index contributed by atoms with van der Waals surface area (Å²) in [5, 5.41) is 8.79. The van der Waals surface area contributed by atoms with Crippen molar-refractivity contribution in [1.82, 2.24) is 10.6 Å². The van der Waals surface area contributed by atoms with Crippen molar-refractivity contribution in [1.29, 1.82) is 0 Å². The van der Waals surface area contributed by atoms with Crippen LogP contribution in [0.1, 0.15) is 30.1 Å². The molecule has 0 bridgehead atoms. The summed E-state index contributed by atoms with van der Waals surface area (Å²) in [5.41, 5.74) is 1.47. The van der Waals surface area contributed by atoms with Gasteiger partial charge in [0.1, 0.15) is 0 Å². The molecule has 2 rings (SSSR count). The fourth-order valence-electron chi connectivity index (χ4n) is 1.97. The first-order valence-electron chi connectivity index (χ1n) is 6.14. The van der Waals surface area contributed by atoms with Gasteiger partial charge in [-0.3, -0.25) is 9.59 Å². The summed E-state index contributed by atoms with van der Waals surface area (Å²) in [7, 11) is 0. The number of rotatable bonds is 4. The molecule has 0 saturated carbocycles. The lowest BCUT2D eigenvalue weighted by Gasteiger charge is -2.27. The first kappa shape index (κ1) is 12.4. The van der Waals surface area contributed by atoms with Gasteiger partial charge in [0.2, 0.25) is 5.91 Å². The predicted molar refractivity (Wildman–Crippen MR) is 69.2 cm³/mol. The predicted octanol–water partition coefficient (Wildman–Crippen LogP) is 1.08. The van der Waals surface area contributed by atoms with Crippen LogP contribution >= 0.6 is 0 Å². The van der Waals surface area contributed by atoms with Gasteiger partial charge in [-0.05, 0) is 25.5 Å². The fourth-order valence-corrected chi connectivity index (χ4v) is 1.97. The number of benzene rings is 1. The average Bonchev–Trinajstić information content (AvgIpc) is 2.37. The molecule has 1 aromatic rings. The van der Waals surface area contributed by atoms with Gasteiger partial charge in [-0.1, -0.05) is 12.1 Å². The van der Waals surface area contributed by atoms with Gasteiger partial charge in [-0.15, -0.1) is 0 Å². The largest absolute Gasteiger partial charge is 0.365 e. The molecular weight excluding hydrogens is 230 g/mol. The molecule has 0 saturated heterocycles. The Bertz CT molecular complexity index is 459. The second-order valence-corrected chi connectivity index (χ2v) is 4.21. The van der Waals surface area contributed by atoms with E-state index in [0.29, 0.717) is 24.9 Å².